The van der Waals surface area contributed by atoms with Crippen molar-refractivity contribution in [2.45, 2.75) is 27.7 Å². The lowest BCUT2D eigenvalue weighted by atomic mass is 10.1. The summed E-state index contributed by atoms with van der Waals surface area (Å²) in [5, 5.41) is 0. The van der Waals surface area contributed by atoms with E-state index in [1.807, 2.05) is 26.8 Å². The SMILES string of the molecule is C/C=C(\N=C(C)C)c1cccc(C)c1. The number of nitrogens with zero attached hydrogens (tertiary/aromatic N) is 1. The zero-order valence-electron chi connectivity index (χ0n) is 9.33. The van der Waals surface area contributed by atoms with Gasteiger partial charge in [-0.15, -0.1) is 0 Å². The zero-order chi connectivity index (χ0) is 10.6. The maximum atomic E-state index is 4.48. The first-order chi connectivity index (χ1) is 6.63. The minimum absolute atomic E-state index is 1.05. The minimum atomic E-state index is 1.05. The molecule has 0 aliphatic heterocycles. The van der Waals surface area contributed by atoms with Gasteiger partial charge in [0.25, 0.3) is 0 Å². The van der Waals surface area contributed by atoms with E-state index in [-0.39, 0.29) is 0 Å². The zero-order valence-corrected chi connectivity index (χ0v) is 9.33. The summed E-state index contributed by atoms with van der Waals surface area (Å²) >= 11 is 0. The van der Waals surface area contributed by atoms with Gasteiger partial charge in [0.15, 0.2) is 0 Å². The van der Waals surface area contributed by atoms with Gasteiger partial charge in [0.1, 0.15) is 0 Å². The summed E-state index contributed by atoms with van der Waals surface area (Å²) in [6.07, 6.45) is 2.04. The first kappa shape index (κ1) is 10.7. The Bertz CT molecular complexity index is 369. The second kappa shape index (κ2) is 4.75. The fourth-order valence-corrected chi connectivity index (χ4v) is 1.34. The highest BCUT2D eigenvalue weighted by molar-refractivity contribution is 5.85. The Morgan fingerprint density at radius 2 is 2.00 bits per heavy atom. The van der Waals surface area contributed by atoms with Crippen LogP contribution in [-0.4, -0.2) is 5.71 Å². The van der Waals surface area contributed by atoms with Crippen molar-refractivity contribution in [3.8, 4) is 0 Å². The molecule has 1 aromatic rings. The van der Waals surface area contributed by atoms with Crippen molar-refractivity contribution >= 4 is 11.4 Å². The lowest BCUT2D eigenvalue weighted by Gasteiger charge is -2.03. The standard InChI is InChI=1S/C13H17N/c1-5-13(14-10(2)3)12-8-6-7-11(4)9-12/h5-9H,1-4H3/b13-5-. The average Bonchev–Trinajstić information content (AvgIpc) is 2.14. The summed E-state index contributed by atoms with van der Waals surface area (Å²) in [5.74, 6) is 0. The summed E-state index contributed by atoms with van der Waals surface area (Å²) in [6, 6.07) is 8.41. The summed E-state index contributed by atoms with van der Waals surface area (Å²) in [5.41, 5.74) is 4.59. The molecule has 0 aromatic heterocycles. The van der Waals surface area contributed by atoms with Gasteiger partial charge < -0.3 is 0 Å². The van der Waals surface area contributed by atoms with E-state index in [0.717, 1.165) is 11.4 Å². The maximum absolute atomic E-state index is 4.48. The molecule has 1 heteroatoms. The molecular weight excluding hydrogens is 170 g/mol. The number of allylic oxidation sites excluding steroid dienone is 1. The normalized spacial score (nSPS) is 11.3. The molecule has 0 fully saturated rings. The van der Waals surface area contributed by atoms with Gasteiger partial charge >= 0.3 is 0 Å². The molecule has 0 saturated carbocycles. The molecule has 0 bridgehead atoms. The minimum Gasteiger partial charge on any atom is -0.258 e. The quantitative estimate of drug-likeness (QED) is 0.624. The smallest absolute Gasteiger partial charge is 0.0658 e. The molecular formula is C13H17N. The van der Waals surface area contributed by atoms with Gasteiger partial charge in [-0.25, -0.2) is 0 Å². The van der Waals surface area contributed by atoms with Crippen LogP contribution in [0.4, 0.5) is 0 Å². The van der Waals surface area contributed by atoms with Crippen molar-refractivity contribution in [1.82, 2.24) is 0 Å². The Kier molecular flexibility index (Phi) is 3.63. The van der Waals surface area contributed by atoms with Crippen molar-refractivity contribution in [3.05, 3.63) is 41.5 Å². The molecule has 14 heavy (non-hydrogen) atoms. The summed E-state index contributed by atoms with van der Waals surface area (Å²) < 4.78 is 0. The number of hydrogen-bond donors (Lipinski definition) is 0. The van der Waals surface area contributed by atoms with Gasteiger partial charge in [-0.3, -0.25) is 4.99 Å². The molecule has 1 nitrogen and oxygen atoms in total. The van der Waals surface area contributed by atoms with E-state index >= 15 is 0 Å². The van der Waals surface area contributed by atoms with Crippen molar-refractivity contribution in [2.75, 3.05) is 0 Å². The molecule has 0 aliphatic carbocycles. The predicted molar refractivity (Wildman–Crippen MR) is 63.6 cm³/mol. The molecule has 0 N–H and O–H groups in total. The van der Waals surface area contributed by atoms with E-state index in [2.05, 4.69) is 36.2 Å². The highest BCUT2D eigenvalue weighted by Crippen LogP contribution is 2.17. The van der Waals surface area contributed by atoms with Crippen LogP contribution < -0.4 is 0 Å². The lowest BCUT2D eigenvalue weighted by molar-refractivity contribution is 1.40. The van der Waals surface area contributed by atoms with Crippen LogP contribution in [-0.2, 0) is 0 Å². The highest BCUT2D eigenvalue weighted by atomic mass is 14.7. The number of rotatable bonds is 2. The van der Waals surface area contributed by atoms with Crippen LogP contribution in [0.5, 0.6) is 0 Å². The number of hydrogen-bond acceptors (Lipinski definition) is 1. The lowest BCUT2D eigenvalue weighted by Crippen LogP contribution is -1.86. The van der Waals surface area contributed by atoms with Gasteiger partial charge in [0.05, 0.1) is 5.70 Å². The Hall–Kier alpha value is -1.37. The molecule has 0 radical (unpaired) electrons. The van der Waals surface area contributed by atoms with E-state index in [9.17, 15) is 0 Å². The second-order valence-electron chi connectivity index (χ2n) is 3.60. The molecule has 0 atom stereocenters. The van der Waals surface area contributed by atoms with Crippen molar-refractivity contribution in [2.24, 2.45) is 4.99 Å². The van der Waals surface area contributed by atoms with Crippen LogP contribution in [0.2, 0.25) is 0 Å². The van der Waals surface area contributed by atoms with Gasteiger partial charge in [-0.1, -0.05) is 29.8 Å². The third-order valence-electron chi connectivity index (χ3n) is 1.93. The average molecular weight is 187 g/mol. The van der Waals surface area contributed by atoms with Crippen molar-refractivity contribution in [1.29, 1.82) is 0 Å². The fourth-order valence-electron chi connectivity index (χ4n) is 1.34. The van der Waals surface area contributed by atoms with E-state index < -0.39 is 0 Å². The highest BCUT2D eigenvalue weighted by Gasteiger charge is 1.98. The molecule has 0 unspecified atom stereocenters. The Morgan fingerprint density at radius 1 is 1.29 bits per heavy atom. The monoisotopic (exact) mass is 187 g/mol. The molecule has 0 heterocycles. The number of benzene rings is 1. The van der Waals surface area contributed by atoms with E-state index in [1.54, 1.807) is 0 Å². The largest absolute Gasteiger partial charge is 0.258 e. The third-order valence-corrected chi connectivity index (χ3v) is 1.93. The predicted octanol–water partition coefficient (Wildman–Crippen LogP) is 3.84. The van der Waals surface area contributed by atoms with Crippen molar-refractivity contribution in [3.63, 3.8) is 0 Å². The van der Waals surface area contributed by atoms with E-state index in [1.165, 1.54) is 11.1 Å². The van der Waals surface area contributed by atoms with Crippen LogP contribution in [0, 0.1) is 6.92 Å². The van der Waals surface area contributed by atoms with Gasteiger partial charge in [-0.05, 0) is 33.8 Å². The summed E-state index contributed by atoms with van der Waals surface area (Å²) in [4.78, 5) is 4.48. The van der Waals surface area contributed by atoms with Crippen LogP contribution in [0.15, 0.2) is 35.3 Å². The first-order valence-electron chi connectivity index (χ1n) is 4.88. The van der Waals surface area contributed by atoms with Crippen LogP contribution in [0.3, 0.4) is 0 Å². The molecule has 0 saturated heterocycles. The Morgan fingerprint density at radius 3 is 2.50 bits per heavy atom. The van der Waals surface area contributed by atoms with Crippen LogP contribution >= 0.6 is 0 Å². The van der Waals surface area contributed by atoms with Gasteiger partial charge in [0, 0.05) is 11.3 Å². The molecule has 0 amide bonds. The molecule has 0 aliphatic rings. The number of aliphatic imine (C=N–C) groups is 1. The maximum Gasteiger partial charge on any atom is 0.0658 e. The van der Waals surface area contributed by atoms with Crippen LogP contribution in [0.1, 0.15) is 31.9 Å². The topological polar surface area (TPSA) is 12.4 Å². The van der Waals surface area contributed by atoms with Gasteiger partial charge in [-0.2, -0.15) is 0 Å². The van der Waals surface area contributed by atoms with Crippen molar-refractivity contribution < 1.29 is 0 Å². The third kappa shape index (κ3) is 2.84. The first-order valence-corrected chi connectivity index (χ1v) is 4.88. The van der Waals surface area contributed by atoms with Gasteiger partial charge in [0.2, 0.25) is 0 Å². The summed E-state index contributed by atoms with van der Waals surface area (Å²) in [7, 11) is 0. The molecule has 1 rings (SSSR count). The molecule has 1 aromatic carbocycles. The molecule has 0 spiro atoms. The fraction of sp³-hybridized carbons (Fsp3) is 0.308. The molecule has 74 valence electrons. The Labute approximate surface area is 86.2 Å². The second-order valence-corrected chi connectivity index (χ2v) is 3.60. The van der Waals surface area contributed by atoms with E-state index in [4.69, 9.17) is 0 Å². The Balaban J connectivity index is 3.09. The number of aryl methyl sites for hydroxylation is 1. The van der Waals surface area contributed by atoms with E-state index in [0.29, 0.717) is 0 Å². The van der Waals surface area contributed by atoms with Crippen LogP contribution in [0.25, 0.3) is 5.70 Å². The summed E-state index contributed by atoms with van der Waals surface area (Å²) in [6.45, 7) is 8.14.